The highest BCUT2D eigenvalue weighted by molar-refractivity contribution is 7.89. The molecule has 1 aromatic heterocycles. The Labute approximate surface area is 157 Å². The minimum Gasteiger partial charge on any atom is -0.497 e. The van der Waals surface area contributed by atoms with Crippen LogP contribution in [0.3, 0.4) is 0 Å². The Hall–Kier alpha value is -2.84. The van der Waals surface area contributed by atoms with Gasteiger partial charge in [-0.3, -0.25) is 4.79 Å². The van der Waals surface area contributed by atoms with Crippen LogP contribution in [0.4, 0.5) is 5.69 Å². The number of rotatable bonds is 5. The lowest BCUT2D eigenvalue weighted by atomic mass is 10.1. The predicted molar refractivity (Wildman–Crippen MR) is 103 cm³/mol. The highest BCUT2D eigenvalue weighted by atomic mass is 32.2. The lowest BCUT2D eigenvalue weighted by Crippen LogP contribution is -2.20. The van der Waals surface area contributed by atoms with Crippen LogP contribution in [0.1, 0.15) is 21.7 Å². The number of carbonyl (C=O) groups excluding carboxylic acids is 1. The summed E-state index contributed by atoms with van der Waals surface area (Å²) in [7, 11) is -0.720. The van der Waals surface area contributed by atoms with Crippen LogP contribution in [0.15, 0.2) is 45.7 Å². The lowest BCUT2D eigenvalue weighted by Gasteiger charge is -2.10. The number of ether oxygens (including phenoxy) is 1. The number of sulfonamides is 1. The number of carbonyl (C=O) groups is 1. The fourth-order valence-electron chi connectivity index (χ4n) is 2.81. The number of methoxy groups -OCH3 is 1. The molecule has 0 atom stereocenters. The zero-order chi connectivity index (χ0) is 19.8. The van der Waals surface area contributed by atoms with Crippen molar-refractivity contribution in [2.24, 2.45) is 0 Å². The maximum atomic E-state index is 12.7. The molecule has 8 heteroatoms. The van der Waals surface area contributed by atoms with E-state index in [1.165, 1.54) is 13.1 Å². The van der Waals surface area contributed by atoms with Gasteiger partial charge in [-0.15, -0.1) is 0 Å². The number of hydrogen-bond acceptors (Lipinski definition) is 5. The molecule has 3 aromatic rings. The van der Waals surface area contributed by atoms with Crippen molar-refractivity contribution >= 4 is 32.6 Å². The first-order valence-electron chi connectivity index (χ1n) is 8.19. The summed E-state index contributed by atoms with van der Waals surface area (Å²) in [5, 5.41) is 3.48. The molecular weight excluding hydrogens is 368 g/mol. The molecule has 2 N–H and O–H groups in total. The summed E-state index contributed by atoms with van der Waals surface area (Å²) < 4.78 is 37.4. The van der Waals surface area contributed by atoms with Crippen LogP contribution >= 0.6 is 0 Å². The van der Waals surface area contributed by atoms with Gasteiger partial charge in [-0.2, -0.15) is 0 Å². The summed E-state index contributed by atoms with van der Waals surface area (Å²) in [5.41, 5.74) is 2.18. The second-order valence-corrected chi connectivity index (χ2v) is 7.92. The first kappa shape index (κ1) is 18.9. The first-order chi connectivity index (χ1) is 12.8. The van der Waals surface area contributed by atoms with E-state index in [4.69, 9.17) is 9.15 Å². The average Bonchev–Trinajstić information content (AvgIpc) is 2.99. The molecule has 0 aliphatic heterocycles. The van der Waals surface area contributed by atoms with E-state index in [2.05, 4.69) is 10.0 Å². The molecule has 0 unspecified atom stereocenters. The Balaban J connectivity index is 1.95. The van der Waals surface area contributed by atoms with Crippen LogP contribution in [0.2, 0.25) is 0 Å². The highest BCUT2D eigenvalue weighted by Gasteiger charge is 2.20. The molecule has 0 saturated carbocycles. The highest BCUT2D eigenvalue weighted by Crippen LogP contribution is 2.29. The summed E-state index contributed by atoms with van der Waals surface area (Å²) in [5.74, 6) is 0.370. The van der Waals surface area contributed by atoms with Gasteiger partial charge >= 0.3 is 0 Å². The molecule has 1 heterocycles. The molecule has 3 rings (SSSR count). The van der Waals surface area contributed by atoms with Gasteiger partial charge in [0.25, 0.3) is 5.91 Å². The van der Waals surface area contributed by atoms with Crippen LogP contribution in [0, 0.1) is 13.8 Å². The van der Waals surface area contributed by atoms with E-state index in [0.29, 0.717) is 28.1 Å². The van der Waals surface area contributed by atoms with Gasteiger partial charge in [0.1, 0.15) is 11.3 Å². The van der Waals surface area contributed by atoms with Gasteiger partial charge in [0.2, 0.25) is 10.0 Å². The van der Waals surface area contributed by atoms with E-state index in [0.717, 1.165) is 5.39 Å². The first-order valence-corrected chi connectivity index (χ1v) is 9.68. The van der Waals surface area contributed by atoms with Crippen molar-refractivity contribution < 1.29 is 22.4 Å². The molecule has 0 spiro atoms. The maximum absolute atomic E-state index is 12.7. The molecule has 7 nitrogen and oxygen atoms in total. The summed E-state index contributed by atoms with van der Waals surface area (Å²) in [4.78, 5) is 12.8. The van der Waals surface area contributed by atoms with Crippen LogP contribution in [-0.4, -0.2) is 28.5 Å². The second kappa shape index (κ2) is 7.05. The van der Waals surface area contributed by atoms with Crippen molar-refractivity contribution in [3.05, 3.63) is 53.3 Å². The largest absolute Gasteiger partial charge is 0.497 e. The van der Waals surface area contributed by atoms with Gasteiger partial charge in [-0.1, -0.05) is 6.07 Å². The summed E-state index contributed by atoms with van der Waals surface area (Å²) in [6.07, 6.45) is 0. The summed E-state index contributed by atoms with van der Waals surface area (Å²) >= 11 is 0. The van der Waals surface area contributed by atoms with Crippen LogP contribution in [0.25, 0.3) is 11.0 Å². The quantitative estimate of drug-likeness (QED) is 0.699. The van der Waals surface area contributed by atoms with Crippen LogP contribution < -0.4 is 14.8 Å². The summed E-state index contributed by atoms with van der Waals surface area (Å²) in [6, 6.07) is 9.98. The zero-order valence-electron chi connectivity index (χ0n) is 15.4. The second-order valence-electron chi connectivity index (χ2n) is 6.06. The van der Waals surface area contributed by atoms with Crippen molar-refractivity contribution in [1.82, 2.24) is 4.72 Å². The molecule has 0 aliphatic carbocycles. The van der Waals surface area contributed by atoms with E-state index in [9.17, 15) is 13.2 Å². The van der Waals surface area contributed by atoms with E-state index in [1.807, 2.05) is 0 Å². The molecule has 142 valence electrons. The SMILES string of the molecule is CNS(=O)(=O)c1cc(NC(=O)c2oc3ccc(OC)cc3c2C)ccc1C. The third-order valence-corrected chi connectivity index (χ3v) is 5.91. The average molecular weight is 388 g/mol. The normalized spacial score (nSPS) is 11.6. The smallest absolute Gasteiger partial charge is 0.291 e. The van der Waals surface area contributed by atoms with Crippen LogP contribution in [0.5, 0.6) is 5.75 Å². The Morgan fingerprint density at radius 2 is 1.85 bits per heavy atom. The zero-order valence-corrected chi connectivity index (χ0v) is 16.2. The van der Waals surface area contributed by atoms with Crippen molar-refractivity contribution in [3.8, 4) is 5.75 Å². The fourth-order valence-corrected chi connectivity index (χ4v) is 3.80. The van der Waals surface area contributed by atoms with E-state index in [1.54, 1.807) is 51.3 Å². The molecule has 0 radical (unpaired) electrons. The summed E-state index contributed by atoms with van der Waals surface area (Å²) in [6.45, 7) is 3.47. The third kappa shape index (κ3) is 3.54. The molecule has 0 saturated heterocycles. The molecule has 2 aromatic carbocycles. The molecule has 1 amide bonds. The Morgan fingerprint density at radius 1 is 1.11 bits per heavy atom. The minimum absolute atomic E-state index is 0.105. The van der Waals surface area contributed by atoms with Gasteiger partial charge in [0.15, 0.2) is 5.76 Å². The van der Waals surface area contributed by atoms with Gasteiger partial charge in [-0.05, 0) is 56.8 Å². The molecule has 0 fully saturated rings. The monoisotopic (exact) mass is 388 g/mol. The van der Waals surface area contributed by atoms with Gasteiger partial charge in [0, 0.05) is 16.6 Å². The van der Waals surface area contributed by atoms with E-state index in [-0.39, 0.29) is 10.7 Å². The van der Waals surface area contributed by atoms with E-state index < -0.39 is 15.9 Å². The topological polar surface area (TPSA) is 97.6 Å². The lowest BCUT2D eigenvalue weighted by molar-refractivity contribution is 0.0998. The van der Waals surface area contributed by atoms with Crippen molar-refractivity contribution in [3.63, 3.8) is 0 Å². The van der Waals surface area contributed by atoms with Gasteiger partial charge in [-0.25, -0.2) is 13.1 Å². The molecular formula is C19H20N2O5S. The van der Waals surface area contributed by atoms with E-state index >= 15 is 0 Å². The molecule has 27 heavy (non-hydrogen) atoms. The Morgan fingerprint density at radius 3 is 2.52 bits per heavy atom. The number of fused-ring (bicyclic) bond motifs is 1. The van der Waals surface area contributed by atoms with Crippen LogP contribution in [-0.2, 0) is 10.0 Å². The van der Waals surface area contributed by atoms with Crippen molar-refractivity contribution in [2.45, 2.75) is 18.7 Å². The van der Waals surface area contributed by atoms with Crippen molar-refractivity contribution in [2.75, 3.05) is 19.5 Å². The number of anilines is 1. The number of amides is 1. The number of aryl methyl sites for hydroxylation is 2. The molecule has 0 aliphatic rings. The fraction of sp³-hybridized carbons (Fsp3) is 0.211. The van der Waals surface area contributed by atoms with Crippen molar-refractivity contribution in [1.29, 1.82) is 0 Å². The Kier molecular flexibility index (Phi) is 4.95. The van der Waals surface area contributed by atoms with Gasteiger partial charge in [0.05, 0.1) is 12.0 Å². The Bertz CT molecular complexity index is 1130. The minimum atomic E-state index is -3.63. The predicted octanol–water partition coefficient (Wildman–Crippen LogP) is 3.22. The maximum Gasteiger partial charge on any atom is 0.291 e. The number of benzene rings is 2. The standard InChI is InChI=1S/C19H20N2O5S/c1-11-5-6-13(9-17(11)27(23,24)20-3)21-19(22)18-12(2)15-10-14(25-4)7-8-16(15)26-18/h5-10,20H,1-4H3,(H,21,22). The molecule has 0 bridgehead atoms. The van der Waals surface area contributed by atoms with Gasteiger partial charge < -0.3 is 14.5 Å². The third-order valence-electron chi connectivity index (χ3n) is 4.35. The number of furan rings is 1. The number of nitrogens with one attached hydrogen (secondary N) is 2. The number of hydrogen-bond donors (Lipinski definition) is 2.